The zero-order chi connectivity index (χ0) is 34.8. The number of fused-ring (bicyclic) bond motifs is 1. The molecule has 0 bridgehead atoms. The fourth-order valence-electron chi connectivity index (χ4n) is 5.96. The molecule has 1 aromatic heterocycles. The minimum atomic E-state index is -0.999. The highest BCUT2D eigenvalue weighted by Crippen LogP contribution is 2.42. The van der Waals surface area contributed by atoms with Gasteiger partial charge in [-0.3, -0.25) is 9.59 Å². The van der Waals surface area contributed by atoms with E-state index in [1.54, 1.807) is 61.1 Å². The number of ether oxygens (including phenoxy) is 2. The summed E-state index contributed by atoms with van der Waals surface area (Å²) in [6, 6.07) is 3.78. The summed E-state index contributed by atoms with van der Waals surface area (Å²) in [6.07, 6.45) is 4.92. The van der Waals surface area contributed by atoms with Crippen LogP contribution in [0.3, 0.4) is 0 Å². The lowest BCUT2D eigenvalue weighted by Crippen LogP contribution is -2.58. The highest BCUT2D eigenvalue weighted by molar-refractivity contribution is 7.13. The third kappa shape index (κ3) is 8.58. The Kier molecular flexibility index (Phi) is 13.1. The minimum absolute atomic E-state index is 0.0223. The van der Waals surface area contributed by atoms with Gasteiger partial charge in [0.05, 0.1) is 29.9 Å². The van der Waals surface area contributed by atoms with Crippen LogP contribution in [0.1, 0.15) is 45.2 Å². The first kappa shape index (κ1) is 36.5. The van der Waals surface area contributed by atoms with Gasteiger partial charge in [-0.15, -0.1) is 17.3 Å². The number of halogens is 1. The molecule has 3 heterocycles. The lowest BCUT2D eigenvalue weighted by Gasteiger charge is -2.33. The van der Waals surface area contributed by atoms with Gasteiger partial charge < -0.3 is 29.9 Å². The highest BCUT2D eigenvalue weighted by Gasteiger charge is 2.54. The molecule has 0 radical (unpaired) electrons. The Morgan fingerprint density at radius 3 is 2.60 bits per heavy atom. The zero-order valence-corrected chi connectivity index (χ0v) is 28.7. The molecule has 0 saturated carbocycles. The average Bonchev–Trinajstić information content (AvgIpc) is 3.83. The molecule has 256 valence electrons. The SMILES string of the molecule is C=C/C=C(\C=C)COC(=O)N1C[C@H](c2csc(-c3ccc(F)cc3)n2)C2C1CCN2C(=O)C(NC(=O)[C@H](C)NC)C(C)OCC#CCC. The second kappa shape index (κ2) is 17.2. The molecule has 2 aliphatic rings. The molecule has 10 nitrogen and oxygen atoms in total. The van der Waals surface area contributed by atoms with E-state index in [1.807, 2.05) is 12.3 Å². The van der Waals surface area contributed by atoms with E-state index in [0.29, 0.717) is 35.7 Å². The number of likely N-dealkylation sites (tertiary alicyclic amines) is 2. The summed E-state index contributed by atoms with van der Waals surface area (Å²) in [6.45, 7) is 13.6. The number of hydrogen-bond acceptors (Lipinski definition) is 8. The third-order valence-corrected chi connectivity index (χ3v) is 9.58. The molecule has 4 unspecified atom stereocenters. The number of likely N-dealkylation sites (N-methyl/N-ethyl adjacent to an activating group) is 1. The van der Waals surface area contributed by atoms with Crippen molar-refractivity contribution in [2.24, 2.45) is 0 Å². The summed E-state index contributed by atoms with van der Waals surface area (Å²) < 4.78 is 25.2. The lowest BCUT2D eigenvalue weighted by molar-refractivity contribution is -0.141. The largest absolute Gasteiger partial charge is 0.445 e. The Labute approximate surface area is 286 Å². The maximum absolute atomic E-state index is 14.5. The van der Waals surface area contributed by atoms with Crippen LogP contribution >= 0.6 is 11.3 Å². The van der Waals surface area contributed by atoms with Gasteiger partial charge in [-0.1, -0.05) is 44.2 Å². The first-order valence-electron chi connectivity index (χ1n) is 16.1. The third-order valence-electron chi connectivity index (χ3n) is 8.67. The van der Waals surface area contributed by atoms with Crippen molar-refractivity contribution in [2.75, 3.05) is 33.4 Å². The van der Waals surface area contributed by atoms with Crippen LogP contribution in [0.15, 0.2) is 66.6 Å². The topological polar surface area (TPSA) is 113 Å². The molecule has 2 fully saturated rings. The van der Waals surface area contributed by atoms with Gasteiger partial charge in [-0.2, -0.15) is 0 Å². The van der Waals surface area contributed by atoms with E-state index in [0.717, 1.165) is 5.56 Å². The first-order chi connectivity index (χ1) is 23.1. The van der Waals surface area contributed by atoms with E-state index in [9.17, 15) is 18.8 Å². The molecule has 2 saturated heterocycles. The summed E-state index contributed by atoms with van der Waals surface area (Å²) >= 11 is 1.41. The van der Waals surface area contributed by atoms with Crippen molar-refractivity contribution >= 4 is 29.2 Å². The van der Waals surface area contributed by atoms with Gasteiger partial charge in [0.25, 0.3) is 0 Å². The number of rotatable bonds is 13. The fourth-order valence-corrected chi connectivity index (χ4v) is 6.85. The monoisotopic (exact) mass is 677 g/mol. The minimum Gasteiger partial charge on any atom is -0.445 e. The first-order valence-corrected chi connectivity index (χ1v) is 17.0. The van der Waals surface area contributed by atoms with E-state index >= 15 is 0 Å². The number of aromatic nitrogens is 1. The molecule has 0 spiro atoms. The van der Waals surface area contributed by atoms with E-state index in [2.05, 4.69) is 35.6 Å². The highest BCUT2D eigenvalue weighted by atomic mass is 32.1. The van der Waals surface area contributed by atoms with Crippen LogP contribution in [0.25, 0.3) is 10.6 Å². The number of allylic oxidation sites excluding steroid dienone is 2. The molecule has 2 aliphatic heterocycles. The van der Waals surface area contributed by atoms with Crippen molar-refractivity contribution in [3.05, 3.63) is 78.1 Å². The molecule has 0 aliphatic carbocycles. The maximum atomic E-state index is 14.5. The van der Waals surface area contributed by atoms with E-state index < -0.39 is 30.3 Å². The number of nitrogens with zero attached hydrogens (tertiary/aromatic N) is 3. The van der Waals surface area contributed by atoms with Gasteiger partial charge in [0, 0.05) is 36.4 Å². The van der Waals surface area contributed by atoms with Gasteiger partial charge in [0.2, 0.25) is 11.8 Å². The molecule has 3 amide bonds. The molecule has 48 heavy (non-hydrogen) atoms. The normalized spacial score (nSPS) is 20.6. The standard InChI is InChI=1S/C36H44FN5O5S/c1-7-10-11-19-46-24(5)31(40-33(43)23(4)38-6)35(44)41-18-17-30-32(41)28(20-42(30)36(45)47-21-25(9-3)12-8-2)29-22-48-34(39-29)26-13-15-27(37)16-14-26/h8-9,12-16,22-24,28,30-32,38H,2-3,7,17-21H2,1,4-6H3,(H,40,43)/b25-12+/t23-,24?,28+,30?,31?,32?/m0/s1. The van der Waals surface area contributed by atoms with Crippen LogP contribution in [0.4, 0.5) is 9.18 Å². The molecule has 2 aromatic rings. The Hall–Kier alpha value is -4.31. The summed E-state index contributed by atoms with van der Waals surface area (Å²) in [5, 5.41) is 8.43. The maximum Gasteiger partial charge on any atom is 0.410 e. The van der Waals surface area contributed by atoms with Crippen LogP contribution in [-0.4, -0.2) is 96.3 Å². The number of carbonyl (C=O) groups is 3. The van der Waals surface area contributed by atoms with Gasteiger partial charge in [-0.05, 0) is 57.2 Å². The lowest BCUT2D eigenvalue weighted by atomic mass is 9.96. The predicted octanol–water partition coefficient (Wildman–Crippen LogP) is 4.66. The van der Waals surface area contributed by atoms with E-state index in [4.69, 9.17) is 14.5 Å². The Morgan fingerprint density at radius 1 is 1.19 bits per heavy atom. The van der Waals surface area contributed by atoms with Crippen LogP contribution in [-0.2, 0) is 19.1 Å². The smallest absolute Gasteiger partial charge is 0.410 e. The summed E-state index contributed by atoms with van der Waals surface area (Å²) in [5.41, 5.74) is 2.18. The van der Waals surface area contributed by atoms with Crippen LogP contribution in [0.2, 0.25) is 0 Å². The van der Waals surface area contributed by atoms with Crippen molar-refractivity contribution in [2.45, 2.75) is 69.8 Å². The average molecular weight is 678 g/mol. The summed E-state index contributed by atoms with van der Waals surface area (Å²) in [5.74, 6) is 4.54. The van der Waals surface area contributed by atoms with Gasteiger partial charge in [0.1, 0.15) is 30.1 Å². The number of amides is 3. The van der Waals surface area contributed by atoms with Crippen molar-refractivity contribution in [1.82, 2.24) is 25.4 Å². The van der Waals surface area contributed by atoms with Crippen molar-refractivity contribution in [3.63, 3.8) is 0 Å². The number of benzene rings is 1. The van der Waals surface area contributed by atoms with Crippen LogP contribution in [0, 0.1) is 17.7 Å². The summed E-state index contributed by atoms with van der Waals surface area (Å²) in [7, 11) is 1.67. The second-order valence-corrected chi connectivity index (χ2v) is 12.5. The molecule has 2 N–H and O–H groups in total. The fraction of sp³-hybridized carbons (Fsp3) is 0.444. The molecule has 6 atom stereocenters. The Bertz CT molecular complexity index is 1560. The predicted molar refractivity (Wildman–Crippen MR) is 185 cm³/mol. The quantitative estimate of drug-likeness (QED) is 0.234. The number of thiazole rings is 1. The van der Waals surface area contributed by atoms with Crippen LogP contribution < -0.4 is 10.6 Å². The summed E-state index contributed by atoms with van der Waals surface area (Å²) in [4.78, 5) is 49.4. The van der Waals surface area contributed by atoms with E-state index in [-0.39, 0.29) is 49.3 Å². The van der Waals surface area contributed by atoms with Crippen molar-refractivity contribution in [3.8, 4) is 22.4 Å². The van der Waals surface area contributed by atoms with Crippen LogP contribution in [0.5, 0.6) is 0 Å². The molecule has 4 rings (SSSR count). The zero-order valence-electron chi connectivity index (χ0n) is 27.9. The van der Waals surface area contributed by atoms with E-state index in [1.165, 1.54) is 23.5 Å². The Balaban J connectivity index is 1.66. The number of hydrogen-bond donors (Lipinski definition) is 2. The van der Waals surface area contributed by atoms with Gasteiger partial charge in [0.15, 0.2) is 0 Å². The van der Waals surface area contributed by atoms with Gasteiger partial charge >= 0.3 is 6.09 Å². The van der Waals surface area contributed by atoms with Crippen molar-refractivity contribution < 1.29 is 28.2 Å². The van der Waals surface area contributed by atoms with Gasteiger partial charge in [-0.25, -0.2) is 14.2 Å². The molecular formula is C36H44FN5O5S. The number of carbonyl (C=O) groups excluding carboxylic acids is 3. The number of nitrogens with one attached hydrogen (secondary N) is 2. The second-order valence-electron chi connectivity index (χ2n) is 11.7. The molecular weight excluding hydrogens is 633 g/mol. The molecule has 12 heteroatoms. The molecule has 1 aromatic carbocycles. The Morgan fingerprint density at radius 2 is 1.94 bits per heavy atom. The van der Waals surface area contributed by atoms with Crippen molar-refractivity contribution in [1.29, 1.82) is 0 Å².